The van der Waals surface area contributed by atoms with E-state index < -0.39 is 48.5 Å². The van der Waals surface area contributed by atoms with Crippen LogP contribution < -0.4 is 10.2 Å². The molecule has 2 aliphatic rings. The number of rotatable bonds is 19. The summed E-state index contributed by atoms with van der Waals surface area (Å²) in [5, 5.41) is 7.86. The molecule has 2 unspecified atom stereocenters. The molecule has 0 saturated heterocycles. The summed E-state index contributed by atoms with van der Waals surface area (Å²) >= 11 is -1.31. The molecule has 2 N–H and O–H groups in total. The zero-order valence-corrected chi connectivity index (χ0v) is 41.1. The van der Waals surface area contributed by atoms with Gasteiger partial charge >= 0.3 is 5.51 Å². The van der Waals surface area contributed by atoms with Gasteiger partial charge in [-0.05, 0) is 99.5 Å². The van der Waals surface area contributed by atoms with Gasteiger partial charge in [0.25, 0.3) is 10.1 Å². The monoisotopic (exact) mass is 973 g/mol. The quantitative estimate of drug-likeness (QED) is 0.0621. The van der Waals surface area contributed by atoms with Crippen LogP contribution in [0.4, 0.5) is 24.5 Å². The second-order valence-electron chi connectivity index (χ2n) is 18.1. The first-order valence-electron chi connectivity index (χ1n) is 22.3. The van der Waals surface area contributed by atoms with Gasteiger partial charge in [0, 0.05) is 59.5 Å². The highest BCUT2D eigenvalue weighted by Crippen LogP contribution is 2.52. The summed E-state index contributed by atoms with van der Waals surface area (Å²) in [6, 6.07) is 31.9. The maximum Gasteiger partial charge on any atom is 0.490 e. The van der Waals surface area contributed by atoms with Crippen molar-refractivity contribution in [3.8, 4) is 0 Å². The minimum absolute atomic E-state index is 0.170. The molecule has 0 radical (unpaired) electrons. The van der Waals surface area contributed by atoms with E-state index in [9.17, 15) is 34.6 Å². The lowest BCUT2D eigenvalue weighted by atomic mass is 9.77. The Bertz CT molecular complexity index is 2960. The SMILES string of the molecule is COS(=O)CCCCNc1ccc2ccccc2c1C(C)(C)C/C=C/C1=C(N(C)S(=O)C(F)(F)F)C(=C/C=C2/N(CCCCS(=O)(=O)O)c3ccc4ccccc4c3C2(C)C)/c2ccccc21. The van der Waals surface area contributed by atoms with Gasteiger partial charge in [0.1, 0.15) is 0 Å². The Morgan fingerprint density at radius 1 is 0.836 bits per heavy atom. The first kappa shape index (κ1) is 49.8. The lowest BCUT2D eigenvalue weighted by Crippen LogP contribution is -2.32. The van der Waals surface area contributed by atoms with Crippen molar-refractivity contribution in [2.75, 3.05) is 49.0 Å². The third kappa shape index (κ3) is 10.8. The van der Waals surface area contributed by atoms with Gasteiger partial charge < -0.3 is 10.2 Å². The number of nitrogens with zero attached hydrogens (tertiary/aromatic N) is 2. The fourth-order valence-electron chi connectivity index (χ4n) is 9.63. The highest BCUT2D eigenvalue weighted by Gasteiger charge is 2.44. The molecule has 0 fully saturated rings. The fourth-order valence-corrected chi connectivity index (χ4v) is 11.5. The van der Waals surface area contributed by atoms with Crippen LogP contribution in [0.1, 0.15) is 82.1 Å². The molecule has 15 heteroatoms. The highest BCUT2D eigenvalue weighted by molar-refractivity contribution is 7.85. The maximum absolute atomic E-state index is 14.5. The molecule has 7 rings (SSSR count). The van der Waals surface area contributed by atoms with Crippen LogP contribution >= 0.6 is 0 Å². The van der Waals surface area contributed by atoms with Crippen molar-refractivity contribution in [3.63, 3.8) is 0 Å². The topological polar surface area (TPSA) is 116 Å². The van der Waals surface area contributed by atoms with E-state index in [1.165, 1.54) is 14.2 Å². The molecule has 9 nitrogen and oxygen atoms in total. The van der Waals surface area contributed by atoms with Crippen molar-refractivity contribution in [3.05, 3.63) is 155 Å². The Labute approximate surface area is 397 Å². The molecule has 0 bridgehead atoms. The third-order valence-electron chi connectivity index (χ3n) is 12.7. The maximum atomic E-state index is 14.5. The number of fused-ring (bicyclic) bond motifs is 5. The van der Waals surface area contributed by atoms with E-state index in [2.05, 4.69) is 68.2 Å². The van der Waals surface area contributed by atoms with E-state index in [0.29, 0.717) is 54.0 Å². The van der Waals surface area contributed by atoms with Gasteiger partial charge in [0.05, 0.1) is 18.6 Å². The largest absolute Gasteiger partial charge is 0.490 e. The standard InChI is InChI=1S/C52H58F3N3O6S3/c1-50(2,47-38-20-9-7-18-36(38)25-28-44(47)56-32-13-15-34-65(59)64-6)31-17-24-42-40-22-11-12-23-41(40)43(49(42)57(5)66(60)52(53,54)55)27-30-46-51(3,4)48-39-21-10-8-19-37(39)26-29-45(48)58(46)33-14-16-35-67(61,62)63/h7-12,17-30,56H,13-16,31-35H2,1-6H3,(H,61,62,63)/b24-17+,43-27+,46-30+. The van der Waals surface area contributed by atoms with Gasteiger partial charge in [-0.25, -0.2) is 8.42 Å². The zero-order chi connectivity index (χ0) is 48.3. The number of alkyl halides is 3. The molecule has 1 aliphatic heterocycles. The molecule has 1 aliphatic carbocycles. The van der Waals surface area contributed by atoms with E-state index >= 15 is 0 Å². The zero-order valence-electron chi connectivity index (χ0n) is 38.7. The van der Waals surface area contributed by atoms with Crippen molar-refractivity contribution in [1.29, 1.82) is 0 Å². The number of allylic oxidation sites excluding steroid dienone is 7. The number of nitrogens with one attached hydrogen (secondary N) is 1. The molecule has 2 atom stereocenters. The minimum Gasteiger partial charge on any atom is -0.385 e. The average Bonchev–Trinajstić information content (AvgIpc) is 3.71. The van der Waals surface area contributed by atoms with E-state index in [-0.39, 0.29) is 17.9 Å². The summed E-state index contributed by atoms with van der Waals surface area (Å²) in [5.74, 6) is 0.0732. The number of hydrogen-bond acceptors (Lipinski definition) is 7. The molecule has 67 heavy (non-hydrogen) atoms. The Kier molecular flexibility index (Phi) is 15.1. The van der Waals surface area contributed by atoms with Crippen LogP contribution in [0.25, 0.3) is 32.7 Å². The number of hydrogen-bond donors (Lipinski definition) is 2. The first-order chi connectivity index (χ1) is 31.7. The van der Waals surface area contributed by atoms with Crippen LogP contribution in [0.3, 0.4) is 0 Å². The predicted octanol–water partition coefficient (Wildman–Crippen LogP) is 12.0. The minimum atomic E-state index is -5.04. The summed E-state index contributed by atoms with van der Waals surface area (Å²) in [4.78, 5) is 2.13. The van der Waals surface area contributed by atoms with Gasteiger partial charge in [-0.2, -0.15) is 21.6 Å². The Hall–Kier alpha value is -5.06. The van der Waals surface area contributed by atoms with Crippen LogP contribution in [0.15, 0.2) is 133 Å². The molecule has 5 aromatic rings. The molecule has 0 aromatic heterocycles. The fraction of sp³-hybridized carbons (Fsp3) is 0.346. The Balaban J connectivity index is 1.31. The van der Waals surface area contributed by atoms with Crippen molar-refractivity contribution >= 4 is 76.3 Å². The van der Waals surface area contributed by atoms with Crippen molar-refractivity contribution in [2.24, 2.45) is 0 Å². The second-order valence-corrected chi connectivity index (χ2v) is 22.5. The normalized spacial score (nSPS) is 17.3. The van der Waals surface area contributed by atoms with E-state index in [4.69, 9.17) is 4.18 Å². The predicted molar refractivity (Wildman–Crippen MR) is 270 cm³/mol. The summed E-state index contributed by atoms with van der Waals surface area (Å²) < 4.78 is 107. The summed E-state index contributed by atoms with van der Waals surface area (Å²) in [6.45, 7) is 9.57. The number of unbranched alkanes of at least 4 members (excludes halogenated alkanes) is 2. The van der Waals surface area contributed by atoms with Gasteiger partial charge in [0.2, 0.25) is 11.0 Å². The Morgan fingerprint density at radius 3 is 2.16 bits per heavy atom. The highest BCUT2D eigenvalue weighted by atomic mass is 32.2. The molecule has 5 aromatic carbocycles. The molecule has 0 spiro atoms. The molecule has 0 amide bonds. The number of likely N-dealkylation sites (N-methyl/N-ethyl adjacent to an activating group) is 1. The van der Waals surface area contributed by atoms with Crippen molar-refractivity contribution in [1.82, 2.24) is 4.31 Å². The molecular formula is C52H58F3N3O6S3. The first-order valence-corrected chi connectivity index (χ1v) is 26.3. The lowest BCUT2D eigenvalue weighted by Gasteiger charge is -2.29. The van der Waals surface area contributed by atoms with Crippen LogP contribution in [0.5, 0.6) is 0 Å². The lowest BCUT2D eigenvalue weighted by molar-refractivity contribution is -0.0415. The average molecular weight is 974 g/mol. The van der Waals surface area contributed by atoms with Crippen molar-refractivity contribution in [2.45, 2.75) is 76.1 Å². The van der Waals surface area contributed by atoms with Crippen LogP contribution in [-0.4, -0.2) is 70.0 Å². The smallest absolute Gasteiger partial charge is 0.385 e. The van der Waals surface area contributed by atoms with Crippen molar-refractivity contribution < 1.29 is 38.7 Å². The molecule has 1 heterocycles. The van der Waals surface area contributed by atoms with Gasteiger partial charge in [-0.3, -0.25) is 13.0 Å². The number of anilines is 2. The van der Waals surface area contributed by atoms with Gasteiger partial charge in [-0.15, -0.1) is 0 Å². The van der Waals surface area contributed by atoms with Gasteiger partial charge in [0.15, 0.2) is 11.1 Å². The van der Waals surface area contributed by atoms with Gasteiger partial charge in [-0.1, -0.05) is 131 Å². The Morgan fingerprint density at radius 2 is 1.48 bits per heavy atom. The number of halogens is 3. The van der Waals surface area contributed by atoms with Crippen LogP contribution in [0, 0.1) is 0 Å². The van der Waals surface area contributed by atoms with E-state index in [1.807, 2.05) is 91.0 Å². The van der Waals surface area contributed by atoms with E-state index in [1.54, 1.807) is 0 Å². The second kappa shape index (κ2) is 20.3. The molecule has 0 saturated carbocycles. The molecule has 356 valence electrons. The van der Waals surface area contributed by atoms with E-state index in [0.717, 1.165) is 66.9 Å². The van der Waals surface area contributed by atoms with Crippen LogP contribution in [0.2, 0.25) is 0 Å². The third-order valence-corrected chi connectivity index (χ3v) is 15.6. The number of benzene rings is 5. The van der Waals surface area contributed by atoms with Crippen LogP contribution in [-0.2, 0) is 47.2 Å². The summed E-state index contributed by atoms with van der Waals surface area (Å²) in [6.07, 6.45) is 10.3. The summed E-state index contributed by atoms with van der Waals surface area (Å²) in [5.41, 5.74) is 1.33. The molecular weight excluding hydrogens is 916 g/mol. The summed E-state index contributed by atoms with van der Waals surface area (Å²) in [7, 11) is -4.91.